The lowest BCUT2D eigenvalue weighted by Gasteiger charge is -2.25. The van der Waals surface area contributed by atoms with E-state index >= 15 is 0 Å². The third kappa shape index (κ3) is 2.85. The Kier molecular flexibility index (Phi) is 3.79. The number of carbonyl (C=O) groups excluding carboxylic acids is 1. The van der Waals surface area contributed by atoms with Gasteiger partial charge in [0, 0.05) is 0 Å². The lowest BCUT2D eigenvalue weighted by atomic mass is 9.84. The second-order valence-electron chi connectivity index (χ2n) is 5.39. The zero-order valence-electron chi connectivity index (χ0n) is 11.4. The number of carboxylic acid groups (broad SMARTS) is 1. The van der Waals surface area contributed by atoms with E-state index < -0.39 is 24.0 Å². The van der Waals surface area contributed by atoms with Gasteiger partial charge in [0.25, 0.3) is 0 Å². The van der Waals surface area contributed by atoms with Gasteiger partial charge in [0.1, 0.15) is 12.5 Å². The third-order valence-electron chi connectivity index (χ3n) is 4.06. The van der Waals surface area contributed by atoms with E-state index in [1.807, 2.05) is 30.3 Å². The first-order valence-electron chi connectivity index (χ1n) is 7.00. The minimum Gasteiger partial charge on any atom is -0.481 e. The zero-order valence-corrected chi connectivity index (χ0v) is 11.4. The monoisotopic (exact) mass is 291 g/mol. The van der Waals surface area contributed by atoms with Crippen LogP contribution >= 0.6 is 0 Å². The standard InChI is InChI=1S/C15H17NO5/c17-14(18)12-10-6-7-11(21-10)13(12)16-15(19)20-8-9-4-2-1-3-5-9/h1-5,10-13H,6-8H2,(H,16,19)(H,17,18)/t10-,11+,12+,13-/m1/s1. The maximum atomic E-state index is 11.8. The average Bonchev–Trinajstić information content (AvgIpc) is 3.07. The molecule has 4 atom stereocenters. The summed E-state index contributed by atoms with van der Waals surface area (Å²) < 4.78 is 10.7. The summed E-state index contributed by atoms with van der Waals surface area (Å²) in [6.07, 6.45) is 0.385. The third-order valence-corrected chi connectivity index (χ3v) is 4.06. The fourth-order valence-corrected chi connectivity index (χ4v) is 3.08. The molecule has 6 heteroatoms. The molecule has 1 aromatic carbocycles. The van der Waals surface area contributed by atoms with Crippen molar-refractivity contribution in [3.05, 3.63) is 35.9 Å². The molecule has 0 aliphatic carbocycles. The van der Waals surface area contributed by atoms with Crippen LogP contribution in [0.5, 0.6) is 0 Å². The number of aliphatic carboxylic acids is 1. The number of carboxylic acids is 1. The molecule has 1 amide bonds. The molecule has 2 saturated heterocycles. The van der Waals surface area contributed by atoms with Gasteiger partial charge in [-0.1, -0.05) is 30.3 Å². The van der Waals surface area contributed by atoms with Crippen LogP contribution in [0.25, 0.3) is 0 Å². The number of amides is 1. The Morgan fingerprint density at radius 1 is 1.24 bits per heavy atom. The summed E-state index contributed by atoms with van der Waals surface area (Å²) in [5.41, 5.74) is 0.881. The van der Waals surface area contributed by atoms with E-state index in [-0.39, 0.29) is 18.8 Å². The molecule has 0 radical (unpaired) electrons. The number of hydrogen-bond donors (Lipinski definition) is 2. The van der Waals surface area contributed by atoms with Crippen LogP contribution in [0.4, 0.5) is 4.79 Å². The fraction of sp³-hybridized carbons (Fsp3) is 0.467. The molecule has 2 aliphatic rings. The maximum absolute atomic E-state index is 11.8. The number of hydrogen-bond acceptors (Lipinski definition) is 4. The van der Waals surface area contributed by atoms with E-state index in [4.69, 9.17) is 9.47 Å². The van der Waals surface area contributed by atoms with Crippen molar-refractivity contribution >= 4 is 12.1 Å². The molecule has 0 spiro atoms. The van der Waals surface area contributed by atoms with Crippen molar-refractivity contribution in [1.82, 2.24) is 5.32 Å². The molecule has 0 unspecified atom stereocenters. The van der Waals surface area contributed by atoms with Gasteiger partial charge in [0.2, 0.25) is 0 Å². The molecule has 21 heavy (non-hydrogen) atoms. The van der Waals surface area contributed by atoms with Gasteiger partial charge in [-0.25, -0.2) is 4.79 Å². The number of nitrogens with one attached hydrogen (secondary N) is 1. The largest absolute Gasteiger partial charge is 0.481 e. The van der Waals surface area contributed by atoms with Crippen molar-refractivity contribution in [2.45, 2.75) is 37.7 Å². The Balaban J connectivity index is 1.56. The summed E-state index contributed by atoms with van der Waals surface area (Å²) in [5, 5.41) is 11.9. The highest BCUT2D eigenvalue weighted by Crippen LogP contribution is 2.39. The highest BCUT2D eigenvalue weighted by atomic mass is 16.6. The number of carbonyl (C=O) groups is 2. The maximum Gasteiger partial charge on any atom is 0.407 e. The topological polar surface area (TPSA) is 84.9 Å². The van der Waals surface area contributed by atoms with E-state index in [1.54, 1.807) is 0 Å². The van der Waals surface area contributed by atoms with E-state index in [0.717, 1.165) is 18.4 Å². The van der Waals surface area contributed by atoms with Crippen molar-refractivity contribution in [3.63, 3.8) is 0 Å². The summed E-state index contributed by atoms with van der Waals surface area (Å²) in [6, 6.07) is 8.81. The van der Waals surface area contributed by atoms with Gasteiger partial charge in [0.05, 0.1) is 18.2 Å². The molecule has 2 heterocycles. The molecule has 0 saturated carbocycles. The summed E-state index contributed by atoms with van der Waals surface area (Å²) in [7, 11) is 0. The first-order chi connectivity index (χ1) is 10.1. The van der Waals surface area contributed by atoms with Gasteiger partial charge in [0.15, 0.2) is 0 Å². The minimum absolute atomic E-state index is 0.159. The van der Waals surface area contributed by atoms with Gasteiger partial charge in [-0.15, -0.1) is 0 Å². The smallest absolute Gasteiger partial charge is 0.407 e. The predicted octanol–water partition coefficient (Wildman–Crippen LogP) is 1.54. The predicted molar refractivity (Wildman–Crippen MR) is 72.6 cm³/mol. The lowest BCUT2D eigenvalue weighted by molar-refractivity contribution is -0.144. The van der Waals surface area contributed by atoms with Gasteiger partial charge in [-0.05, 0) is 18.4 Å². The van der Waals surface area contributed by atoms with Crippen LogP contribution in [0.15, 0.2) is 30.3 Å². The number of rotatable bonds is 4. The molecule has 2 fully saturated rings. The molecular weight excluding hydrogens is 274 g/mol. The molecule has 2 aliphatic heterocycles. The SMILES string of the molecule is O=C(N[C@H]1[C@@H](C(=O)O)[C@H]2CC[C@@H]1O2)OCc1ccccc1. The summed E-state index contributed by atoms with van der Waals surface area (Å²) >= 11 is 0. The van der Waals surface area contributed by atoms with Gasteiger partial charge in [-0.2, -0.15) is 0 Å². The van der Waals surface area contributed by atoms with E-state index in [1.165, 1.54) is 0 Å². The molecular formula is C15H17NO5. The quantitative estimate of drug-likeness (QED) is 0.879. The van der Waals surface area contributed by atoms with Crippen molar-refractivity contribution in [3.8, 4) is 0 Å². The second kappa shape index (κ2) is 5.73. The Morgan fingerprint density at radius 3 is 2.67 bits per heavy atom. The molecule has 6 nitrogen and oxygen atoms in total. The number of alkyl carbamates (subject to hydrolysis) is 1. The normalized spacial score (nSPS) is 30.1. The summed E-state index contributed by atoms with van der Waals surface area (Å²) in [6.45, 7) is 0.159. The fourth-order valence-electron chi connectivity index (χ4n) is 3.08. The van der Waals surface area contributed by atoms with Crippen LogP contribution in [-0.2, 0) is 20.9 Å². The molecule has 0 aromatic heterocycles. The second-order valence-corrected chi connectivity index (χ2v) is 5.39. The van der Waals surface area contributed by atoms with Gasteiger partial charge >= 0.3 is 12.1 Å². The first kappa shape index (κ1) is 13.9. The van der Waals surface area contributed by atoms with Crippen LogP contribution in [0.1, 0.15) is 18.4 Å². The zero-order chi connectivity index (χ0) is 14.8. The van der Waals surface area contributed by atoms with Crippen LogP contribution < -0.4 is 5.32 Å². The van der Waals surface area contributed by atoms with E-state index in [2.05, 4.69) is 5.32 Å². The Bertz CT molecular complexity index is 532. The van der Waals surface area contributed by atoms with Crippen molar-refractivity contribution < 1.29 is 24.2 Å². The van der Waals surface area contributed by atoms with Crippen LogP contribution in [-0.4, -0.2) is 35.4 Å². The average molecular weight is 291 g/mol. The van der Waals surface area contributed by atoms with Crippen LogP contribution in [0, 0.1) is 5.92 Å². The molecule has 2 N–H and O–H groups in total. The first-order valence-corrected chi connectivity index (χ1v) is 7.00. The van der Waals surface area contributed by atoms with E-state index in [0.29, 0.717) is 0 Å². The summed E-state index contributed by atoms with van der Waals surface area (Å²) in [5.74, 6) is -1.62. The number of fused-ring (bicyclic) bond motifs is 2. The lowest BCUT2D eigenvalue weighted by Crippen LogP contribution is -2.49. The molecule has 1 aromatic rings. The highest BCUT2D eigenvalue weighted by Gasteiger charge is 2.53. The minimum atomic E-state index is -0.935. The van der Waals surface area contributed by atoms with Crippen molar-refractivity contribution in [2.24, 2.45) is 5.92 Å². The number of benzene rings is 1. The van der Waals surface area contributed by atoms with Gasteiger partial charge in [-0.3, -0.25) is 4.79 Å². The van der Waals surface area contributed by atoms with Crippen LogP contribution in [0.3, 0.4) is 0 Å². The Hall–Kier alpha value is -2.08. The summed E-state index contributed by atoms with van der Waals surface area (Å²) in [4.78, 5) is 23.1. The number of ether oxygens (including phenoxy) is 2. The van der Waals surface area contributed by atoms with Crippen LogP contribution in [0.2, 0.25) is 0 Å². The van der Waals surface area contributed by atoms with E-state index in [9.17, 15) is 14.7 Å². The Morgan fingerprint density at radius 2 is 1.95 bits per heavy atom. The molecule has 3 rings (SSSR count). The van der Waals surface area contributed by atoms with Gasteiger partial charge < -0.3 is 19.9 Å². The molecule has 112 valence electrons. The highest BCUT2D eigenvalue weighted by molar-refractivity contribution is 5.75. The Labute approximate surface area is 122 Å². The van der Waals surface area contributed by atoms with Crippen molar-refractivity contribution in [1.29, 1.82) is 0 Å². The molecule has 2 bridgehead atoms. The van der Waals surface area contributed by atoms with Crippen molar-refractivity contribution in [2.75, 3.05) is 0 Å².